The summed E-state index contributed by atoms with van der Waals surface area (Å²) < 4.78 is 11.3. The van der Waals surface area contributed by atoms with Crippen LogP contribution in [0.1, 0.15) is 170 Å². The summed E-state index contributed by atoms with van der Waals surface area (Å²) in [5, 5.41) is 12.7. The Balaban J connectivity index is 0.680. The van der Waals surface area contributed by atoms with Gasteiger partial charge >= 0.3 is 5.97 Å². The molecule has 3 aliphatic carbocycles. The van der Waals surface area contributed by atoms with Gasteiger partial charge in [-0.25, -0.2) is 4.79 Å². The summed E-state index contributed by atoms with van der Waals surface area (Å²) in [6, 6.07) is 43.5. The second-order valence-electron chi connectivity index (χ2n) is 25.2. The van der Waals surface area contributed by atoms with Crippen molar-refractivity contribution < 1.29 is 43.0 Å². The lowest BCUT2D eigenvalue weighted by Crippen LogP contribution is -2.43. The molecule has 2 heterocycles. The van der Waals surface area contributed by atoms with Crippen LogP contribution >= 0.6 is 0 Å². The average Bonchev–Trinajstić information content (AvgIpc) is 3.49. The minimum Gasteiger partial charge on any atom is -0.488 e. The molecule has 10 atom stereocenters. The van der Waals surface area contributed by atoms with Gasteiger partial charge in [-0.05, 0) is 118 Å². The lowest BCUT2D eigenvalue weighted by atomic mass is 9.94. The van der Waals surface area contributed by atoms with Gasteiger partial charge in [-0.2, -0.15) is 0 Å². The summed E-state index contributed by atoms with van der Waals surface area (Å²) in [6.07, 6.45) is 12.7. The first kappa shape index (κ1) is 60.3. The molecular weight excluding hydrogens is 1070 g/mol. The lowest BCUT2D eigenvalue weighted by Gasteiger charge is -2.21. The number of esters is 1. The van der Waals surface area contributed by atoms with E-state index in [1.54, 1.807) is 58.3 Å². The van der Waals surface area contributed by atoms with Crippen LogP contribution in [0.15, 0.2) is 140 Å². The maximum absolute atomic E-state index is 14.3. The first-order valence-corrected chi connectivity index (χ1v) is 31.2. The third kappa shape index (κ3) is 16.3. The Bertz CT molecular complexity index is 3020. The van der Waals surface area contributed by atoms with Crippen LogP contribution in [-0.4, -0.2) is 114 Å². The molecule has 10 rings (SSSR count). The highest BCUT2D eigenvalue weighted by atomic mass is 16.5. The van der Waals surface area contributed by atoms with Crippen molar-refractivity contribution in [2.45, 2.75) is 146 Å². The number of carbonyl (C=O) groups excluding carboxylic acids is 7. The second kappa shape index (κ2) is 27.9. The zero-order valence-electron chi connectivity index (χ0n) is 49.6. The van der Waals surface area contributed by atoms with E-state index in [2.05, 4.69) is 57.7 Å². The molecule has 0 radical (unpaired) electrons. The van der Waals surface area contributed by atoms with Gasteiger partial charge in [0.1, 0.15) is 11.4 Å². The smallest absolute Gasteiger partial charge is 0.338 e. The number of nitrogens with one attached hydrogen (secondary N) is 4. The van der Waals surface area contributed by atoms with Gasteiger partial charge in [-0.15, -0.1) is 0 Å². The molecule has 0 spiro atoms. The number of benzene rings is 5. The van der Waals surface area contributed by atoms with Gasteiger partial charge < -0.3 is 40.5 Å². The van der Waals surface area contributed by atoms with E-state index in [1.165, 1.54) is 0 Å². The largest absolute Gasteiger partial charge is 0.488 e. The number of ether oxygens (including phenoxy) is 2. The molecule has 0 bridgehead atoms. The minimum atomic E-state index is -0.743. The highest BCUT2D eigenvalue weighted by Gasteiger charge is 2.50. The Kier molecular flexibility index (Phi) is 19.8. The summed E-state index contributed by atoms with van der Waals surface area (Å²) in [4.78, 5) is 100. The van der Waals surface area contributed by atoms with Crippen LogP contribution in [0.25, 0.3) is 0 Å². The van der Waals surface area contributed by atoms with Crippen LogP contribution in [0.3, 0.4) is 0 Å². The Hall–Kier alpha value is -7.81. The van der Waals surface area contributed by atoms with Gasteiger partial charge in [0.15, 0.2) is 0 Å². The maximum atomic E-state index is 14.3. The Morgan fingerprint density at radius 2 is 0.765 bits per heavy atom. The second-order valence-corrected chi connectivity index (χ2v) is 25.2. The predicted molar refractivity (Wildman–Crippen MR) is 326 cm³/mol. The van der Waals surface area contributed by atoms with E-state index in [0.717, 1.165) is 106 Å². The number of hydrogen-bond donors (Lipinski definition) is 4. The normalized spacial score (nSPS) is 23.8. The highest BCUT2D eigenvalue weighted by Crippen LogP contribution is 2.44. The quantitative estimate of drug-likeness (QED) is 0.0293. The van der Waals surface area contributed by atoms with Crippen molar-refractivity contribution >= 4 is 41.4 Å². The van der Waals surface area contributed by atoms with Crippen LogP contribution in [0.4, 0.5) is 0 Å². The van der Waals surface area contributed by atoms with E-state index >= 15 is 0 Å². The number of carbonyl (C=O) groups is 7. The molecule has 5 fully saturated rings. The van der Waals surface area contributed by atoms with Gasteiger partial charge in [0.2, 0.25) is 23.6 Å². The van der Waals surface area contributed by atoms with Crippen molar-refractivity contribution in [3.63, 3.8) is 0 Å². The van der Waals surface area contributed by atoms with Crippen LogP contribution in [0.5, 0.6) is 5.75 Å². The van der Waals surface area contributed by atoms with Gasteiger partial charge in [-0.1, -0.05) is 142 Å². The van der Waals surface area contributed by atoms with Gasteiger partial charge in [0, 0.05) is 79.7 Å². The first-order chi connectivity index (χ1) is 41.2. The molecule has 0 aromatic heterocycles. The van der Waals surface area contributed by atoms with Crippen molar-refractivity contribution in [3.8, 4) is 5.75 Å². The van der Waals surface area contributed by atoms with Gasteiger partial charge in [-0.3, -0.25) is 28.8 Å². The molecule has 2 aliphatic heterocycles. The van der Waals surface area contributed by atoms with Crippen molar-refractivity contribution in [3.05, 3.63) is 173 Å². The summed E-state index contributed by atoms with van der Waals surface area (Å²) in [5.74, 6) is -3.61. The molecule has 15 heteroatoms. The SMILES string of the molecule is CC(C)(C)Oc1ccc(C(=O)OCCCCCCCCCCCCNC(=O)[C@@H]2CN(C(=O)c3ccc(C(=O)N4C[C@@H](C(=O)N[C@H]5C[C@@H]5c5ccccc5)[C@H](C(=O)N[C@H]5C[C@@H]5c5ccccc5)C4)cc3)C[C@H]2C(=O)N[C@H]2C[C@@H]2c2ccccc2)cc1. The lowest BCUT2D eigenvalue weighted by molar-refractivity contribution is -0.133. The zero-order valence-corrected chi connectivity index (χ0v) is 49.6. The third-order valence-electron chi connectivity index (χ3n) is 17.6. The number of rotatable bonds is 27. The van der Waals surface area contributed by atoms with Crippen molar-refractivity contribution in [1.29, 1.82) is 0 Å². The predicted octanol–water partition coefficient (Wildman–Crippen LogP) is 10.1. The number of likely N-dealkylation sites (tertiary alicyclic amines) is 2. The van der Waals surface area contributed by atoms with E-state index in [9.17, 15) is 33.6 Å². The molecule has 85 heavy (non-hydrogen) atoms. The summed E-state index contributed by atoms with van der Waals surface area (Å²) >= 11 is 0. The Labute approximate surface area is 500 Å². The zero-order chi connectivity index (χ0) is 59.5. The number of amides is 6. The van der Waals surface area contributed by atoms with E-state index in [-0.39, 0.29) is 109 Å². The van der Waals surface area contributed by atoms with E-state index in [4.69, 9.17) is 9.47 Å². The molecule has 5 aliphatic rings. The number of nitrogens with zero attached hydrogens (tertiary/aromatic N) is 2. The molecule has 5 aromatic rings. The molecule has 5 aromatic carbocycles. The average molecular weight is 1150 g/mol. The summed E-state index contributed by atoms with van der Waals surface area (Å²) in [5.41, 5.74) is 4.31. The maximum Gasteiger partial charge on any atom is 0.338 e. The number of unbranched alkanes of at least 4 members (excludes halogenated alkanes) is 9. The molecule has 448 valence electrons. The van der Waals surface area contributed by atoms with Crippen LogP contribution < -0.4 is 26.0 Å². The topological polar surface area (TPSA) is 193 Å². The van der Waals surface area contributed by atoms with Crippen molar-refractivity contribution in [1.82, 2.24) is 31.1 Å². The van der Waals surface area contributed by atoms with Crippen molar-refractivity contribution in [2.75, 3.05) is 39.3 Å². The summed E-state index contributed by atoms with van der Waals surface area (Å²) in [6.45, 7) is 7.12. The minimum absolute atomic E-state index is 0.0425. The van der Waals surface area contributed by atoms with E-state index < -0.39 is 23.7 Å². The summed E-state index contributed by atoms with van der Waals surface area (Å²) in [7, 11) is 0. The molecule has 3 saturated carbocycles. The Morgan fingerprint density at radius 1 is 0.424 bits per heavy atom. The fourth-order valence-corrected chi connectivity index (χ4v) is 12.5. The van der Waals surface area contributed by atoms with E-state index in [0.29, 0.717) is 29.8 Å². The van der Waals surface area contributed by atoms with Crippen LogP contribution in [0.2, 0.25) is 0 Å². The molecule has 15 nitrogen and oxygen atoms in total. The molecule has 4 N–H and O–H groups in total. The molecule has 0 unspecified atom stereocenters. The number of hydrogen-bond acceptors (Lipinski definition) is 9. The van der Waals surface area contributed by atoms with Gasteiger partial charge in [0.05, 0.1) is 35.8 Å². The van der Waals surface area contributed by atoms with E-state index in [1.807, 2.05) is 75.4 Å². The van der Waals surface area contributed by atoms with Crippen molar-refractivity contribution in [2.24, 2.45) is 23.7 Å². The fraction of sp³-hybridized carbons (Fsp3) is 0.471. The van der Waals surface area contributed by atoms with Crippen LogP contribution in [0, 0.1) is 23.7 Å². The highest BCUT2D eigenvalue weighted by molar-refractivity contribution is 6.00. The molecule has 2 saturated heterocycles. The monoisotopic (exact) mass is 1150 g/mol. The molecule has 6 amide bonds. The Morgan fingerprint density at radius 3 is 1.14 bits per heavy atom. The first-order valence-electron chi connectivity index (χ1n) is 31.2. The fourth-order valence-electron chi connectivity index (χ4n) is 12.5. The molecular formula is C70H84N6O9. The standard InChI is InChI=1S/C70H84N6O9/c1-70(2,3)85-52-35-33-51(34-36-52)69(83)84-38-22-11-9-7-5-4-6-8-10-21-37-71-63(77)56-42-75(43-57(56)64(78)72-60-39-53(60)46-23-15-12-16-24-46)67(81)49-29-31-50(32-30-49)68(82)76-44-58(65(79)73-61-40-54(61)47-25-17-13-18-26-47)59(45-76)66(80)74-62-41-55(62)48-27-19-14-20-28-48/h12-20,23-36,53-62H,4-11,21-22,37-45H2,1-3H3,(H,71,77)(H,72,78)(H,73,79)(H,74,80)/t53-,54-,55-,56-,57-,58-,59-,60+,61+,62+/m1/s1. The van der Waals surface area contributed by atoms with Gasteiger partial charge in [0.25, 0.3) is 11.8 Å². The van der Waals surface area contributed by atoms with Crippen LogP contribution in [-0.2, 0) is 23.9 Å². The third-order valence-corrected chi connectivity index (χ3v) is 17.6.